The first-order valence-electron chi connectivity index (χ1n) is 5.86. The van der Waals surface area contributed by atoms with Gasteiger partial charge in [0.1, 0.15) is 0 Å². The van der Waals surface area contributed by atoms with Gasteiger partial charge < -0.3 is 10.6 Å². The van der Waals surface area contributed by atoms with E-state index in [0.29, 0.717) is 0 Å². The molecule has 3 rings (SSSR count). The molecule has 1 aliphatic carbocycles. The molecule has 3 nitrogen and oxygen atoms in total. The van der Waals surface area contributed by atoms with Gasteiger partial charge in [0.05, 0.1) is 0 Å². The molecular weight excluding hydrogens is 200 g/mol. The van der Waals surface area contributed by atoms with E-state index >= 15 is 0 Å². The Morgan fingerprint density at radius 2 is 2.25 bits per heavy atom. The van der Waals surface area contributed by atoms with E-state index in [0.717, 1.165) is 31.4 Å². The third-order valence-corrected chi connectivity index (χ3v) is 3.49. The average Bonchev–Trinajstić information content (AvgIpc) is 2.82. The largest absolute Gasteiger partial charge is 0.384 e. The highest BCUT2D eigenvalue weighted by molar-refractivity contribution is 5.95. The molecule has 1 aliphatic heterocycles. The first kappa shape index (κ1) is 9.70. The molecule has 1 saturated carbocycles. The summed E-state index contributed by atoms with van der Waals surface area (Å²) in [4.78, 5) is 12.0. The predicted octanol–water partition coefficient (Wildman–Crippen LogP) is 1.94. The zero-order valence-corrected chi connectivity index (χ0v) is 9.47. The Kier molecular flexibility index (Phi) is 1.96. The molecule has 2 aliphatic rings. The Morgan fingerprint density at radius 1 is 1.44 bits per heavy atom. The lowest BCUT2D eigenvalue weighted by atomic mass is 10.1. The summed E-state index contributed by atoms with van der Waals surface area (Å²) >= 11 is 0. The summed E-state index contributed by atoms with van der Waals surface area (Å²) in [5, 5.41) is 6.37. The van der Waals surface area contributed by atoms with Crippen molar-refractivity contribution < 1.29 is 4.79 Å². The number of amides is 1. The number of rotatable bonds is 2. The van der Waals surface area contributed by atoms with Crippen LogP contribution in [0.4, 0.5) is 5.69 Å². The summed E-state index contributed by atoms with van der Waals surface area (Å²) in [6.45, 7) is 3.08. The molecule has 84 valence electrons. The van der Waals surface area contributed by atoms with Gasteiger partial charge >= 0.3 is 0 Å². The molecule has 3 heteroatoms. The average molecular weight is 216 g/mol. The molecule has 0 radical (unpaired) electrons. The van der Waals surface area contributed by atoms with Crippen LogP contribution < -0.4 is 10.6 Å². The molecule has 0 aromatic heterocycles. The fraction of sp³-hybridized carbons (Fsp3) is 0.462. The maximum Gasteiger partial charge on any atom is 0.251 e. The lowest BCUT2D eigenvalue weighted by Crippen LogP contribution is -2.34. The first-order chi connectivity index (χ1) is 7.66. The molecule has 1 heterocycles. The van der Waals surface area contributed by atoms with Gasteiger partial charge in [0, 0.05) is 23.3 Å². The Morgan fingerprint density at radius 3 is 3.00 bits per heavy atom. The third-order valence-electron chi connectivity index (χ3n) is 3.49. The number of hydrogen-bond acceptors (Lipinski definition) is 2. The van der Waals surface area contributed by atoms with Crippen LogP contribution in [0.3, 0.4) is 0 Å². The molecule has 0 unspecified atom stereocenters. The third kappa shape index (κ3) is 1.66. The smallest absolute Gasteiger partial charge is 0.251 e. The summed E-state index contributed by atoms with van der Waals surface area (Å²) in [5.74, 6) is 0.0645. The van der Waals surface area contributed by atoms with Crippen molar-refractivity contribution in [3.05, 3.63) is 29.3 Å². The zero-order chi connectivity index (χ0) is 11.2. The predicted molar refractivity (Wildman–Crippen MR) is 63.7 cm³/mol. The van der Waals surface area contributed by atoms with Gasteiger partial charge in [0.2, 0.25) is 0 Å². The van der Waals surface area contributed by atoms with Crippen molar-refractivity contribution in [1.29, 1.82) is 0 Å². The molecule has 0 spiro atoms. The van der Waals surface area contributed by atoms with Crippen molar-refractivity contribution in [3.63, 3.8) is 0 Å². The Labute approximate surface area is 95.2 Å². The van der Waals surface area contributed by atoms with Crippen LogP contribution >= 0.6 is 0 Å². The molecule has 0 bridgehead atoms. The molecule has 1 aromatic rings. The summed E-state index contributed by atoms with van der Waals surface area (Å²) in [7, 11) is 0. The summed E-state index contributed by atoms with van der Waals surface area (Å²) < 4.78 is 0. The fourth-order valence-electron chi connectivity index (χ4n) is 2.10. The molecule has 16 heavy (non-hydrogen) atoms. The van der Waals surface area contributed by atoms with Crippen molar-refractivity contribution in [2.45, 2.75) is 31.7 Å². The van der Waals surface area contributed by atoms with E-state index in [4.69, 9.17) is 0 Å². The Balaban J connectivity index is 1.81. The van der Waals surface area contributed by atoms with Crippen molar-refractivity contribution in [2.24, 2.45) is 0 Å². The van der Waals surface area contributed by atoms with Crippen LogP contribution in [-0.4, -0.2) is 18.0 Å². The van der Waals surface area contributed by atoms with E-state index in [9.17, 15) is 4.79 Å². The molecule has 0 saturated heterocycles. The fourth-order valence-corrected chi connectivity index (χ4v) is 2.10. The number of nitrogens with one attached hydrogen (secondary N) is 2. The second-order valence-electron chi connectivity index (χ2n) is 5.06. The first-order valence-corrected chi connectivity index (χ1v) is 5.86. The maximum atomic E-state index is 12.0. The molecular formula is C13H16N2O. The van der Waals surface area contributed by atoms with Crippen molar-refractivity contribution in [1.82, 2.24) is 5.32 Å². The van der Waals surface area contributed by atoms with E-state index in [1.54, 1.807) is 0 Å². The number of benzene rings is 1. The van der Waals surface area contributed by atoms with E-state index in [1.165, 1.54) is 11.3 Å². The van der Waals surface area contributed by atoms with Gasteiger partial charge in [-0.1, -0.05) is 0 Å². The van der Waals surface area contributed by atoms with Gasteiger partial charge in [0.25, 0.3) is 5.91 Å². The highest BCUT2D eigenvalue weighted by Crippen LogP contribution is 2.34. The SMILES string of the molecule is CC1(NC(=O)c2ccc3c(c2)CCN3)CC1. The van der Waals surface area contributed by atoms with E-state index in [2.05, 4.69) is 17.6 Å². The highest BCUT2D eigenvalue weighted by Gasteiger charge is 2.38. The number of fused-ring (bicyclic) bond motifs is 1. The van der Waals surface area contributed by atoms with Crippen molar-refractivity contribution >= 4 is 11.6 Å². The van der Waals surface area contributed by atoms with Crippen LogP contribution in [0.15, 0.2) is 18.2 Å². The molecule has 1 aromatic carbocycles. The minimum Gasteiger partial charge on any atom is -0.384 e. The number of anilines is 1. The van der Waals surface area contributed by atoms with Crippen LogP contribution in [0.1, 0.15) is 35.7 Å². The Hall–Kier alpha value is -1.51. The maximum absolute atomic E-state index is 12.0. The number of hydrogen-bond donors (Lipinski definition) is 2. The summed E-state index contributed by atoms with van der Waals surface area (Å²) in [5.41, 5.74) is 3.28. The Bertz CT molecular complexity index is 449. The van der Waals surface area contributed by atoms with Crippen molar-refractivity contribution in [2.75, 3.05) is 11.9 Å². The monoisotopic (exact) mass is 216 g/mol. The molecule has 1 amide bonds. The second-order valence-corrected chi connectivity index (χ2v) is 5.06. The quantitative estimate of drug-likeness (QED) is 0.793. The van der Waals surface area contributed by atoms with Gasteiger partial charge in [-0.25, -0.2) is 0 Å². The minimum absolute atomic E-state index is 0.0638. The van der Waals surface area contributed by atoms with Crippen LogP contribution in [0, 0.1) is 0 Å². The van der Waals surface area contributed by atoms with E-state index in [1.807, 2.05) is 18.2 Å². The summed E-state index contributed by atoms with van der Waals surface area (Å²) in [6, 6.07) is 5.92. The molecule has 2 N–H and O–H groups in total. The van der Waals surface area contributed by atoms with E-state index in [-0.39, 0.29) is 11.4 Å². The van der Waals surface area contributed by atoms with Crippen LogP contribution in [0.25, 0.3) is 0 Å². The number of carbonyl (C=O) groups is 1. The van der Waals surface area contributed by atoms with E-state index < -0.39 is 0 Å². The van der Waals surface area contributed by atoms with Gasteiger partial charge in [-0.15, -0.1) is 0 Å². The lowest BCUT2D eigenvalue weighted by Gasteiger charge is -2.12. The lowest BCUT2D eigenvalue weighted by molar-refractivity contribution is 0.0935. The molecule has 1 fully saturated rings. The van der Waals surface area contributed by atoms with Crippen LogP contribution in [0.2, 0.25) is 0 Å². The molecule has 0 atom stereocenters. The van der Waals surface area contributed by atoms with Crippen LogP contribution in [-0.2, 0) is 6.42 Å². The highest BCUT2D eigenvalue weighted by atomic mass is 16.1. The normalized spacial score (nSPS) is 19.8. The van der Waals surface area contributed by atoms with Crippen LogP contribution in [0.5, 0.6) is 0 Å². The van der Waals surface area contributed by atoms with Gasteiger partial charge in [-0.2, -0.15) is 0 Å². The second kappa shape index (κ2) is 3.24. The minimum atomic E-state index is 0.0638. The standard InChI is InChI=1S/C13H16N2O/c1-13(5-6-13)15-12(16)10-2-3-11-9(8-10)4-7-14-11/h2-3,8,14H,4-7H2,1H3,(H,15,16). The van der Waals surface area contributed by atoms with Gasteiger partial charge in [-0.3, -0.25) is 4.79 Å². The van der Waals surface area contributed by atoms with Gasteiger partial charge in [0.15, 0.2) is 0 Å². The zero-order valence-electron chi connectivity index (χ0n) is 9.47. The topological polar surface area (TPSA) is 41.1 Å². The van der Waals surface area contributed by atoms with Gasteiger partial charge in [-0.05, 0) is 49.9 Å². The number of carbonyl (C=O) groups excluding carboxylic acids is 1. The van der Waals surface area contributed by atoms with Crippen molar-refractivity contribution in [3.8, 4) is 0 Å². The summed E-state index contributed by atoms with van der Waals surface area (Å²) in [6.07, 6.45) is 3.23.